The van der Waals surface area contributed by atoms with E-state index in [0.29, 0.717) is 17.4 Å². The van der Waals surface area contributed by atoms with Crippen molar-refractivity contribution < 1.29 is 29.3 Å². The Bertz CT molecular complexity index is 982. The SMILES string of the molecule is O=C(O)CC(NC(=O)COc1ccc2nc3n(c(=O)c2c1)CCC3)C(=O)O. The zero-order chi connectivity index (χ0) is 19.6. The summed E-state index contributed by atoms with van der Waals surface area (Å²) in [5.74, 6) is -2.59. The molecule has 0 saturated carbocycles. The van der Waals surface area contributed by atoms with Gasteiger partial charge in [0.25, 0.3) is 11.5 Å². The summed E-state index contributed by atoms with van der Waals surface area (Å²) in [7, 11) is 0. The lowest BCUT2D eigenvalue weighted by Crippen LogP contribution is -2.44. The van der Waals surface area contributed by atoms with E-state index in [9.17, 15) is 19.2 Å². The number of fused-ring (bicyclic) bond motifs is 2. The van der Waals surface area contributed by atoms with Crippen LogP contribution in [0.5, 0.6) is 5.75 Å². The second-order valence-corrected chi connectivity index (χ2v) is 6.11. The van der Waals surface area contributed by atoms with Crippen LogP contribution in [-0.2, 0) is 27.3 Å². The fourth-order valence-electron chi connectivity index (χ4n) is 2.91. The highest BCUT2D eigenvalue weighted by Gasteiger charge is 2.23. The maximum atomic E-state index is 12.5. The van der Waals surface area contributed by atoms with Crippen molar-refractivity contribution in [1.82, 2.24) is 14.9 Å². The number of carbonyl (C=O) groups is 3. The molecule has 27 heavy (non-hydrogen) atoms. The molecule has 142 valence electrons. The van der Waals surface area contributed by atoms with Crippen LogP contribution >= 0.6 is 0 Å². The lowest BCUT2D eigenvalue weighted by Gasteiger charge is -2.13. The zero-order valence-electron chi connectivity index (χ0n) is 14.2. The number of nitrogens with one attached hydrogen (secondary N) is 1. The number of benzene rings is 1. The van der Waals surface area contributed by atoms with Gasteiger partial charge in [-0.1, -0.05) is 0 Å². The molecule has 0 spiro atoms. The van der Waals surface area contributed by atoms with Gasteiger partial charge in [-0.2, -0.15) is 0 Å². The third-order valence-corrected chi connectivity index (χ3v) is 4.17. The molecule has 0 saturated heterocycles. The molecular weight excluding hydrogens is 358 g/mol. The van der Waals surface area contributed by atoms with Crippen molar-refractivity contribution >= 4 is 28.7 Å². The molecule has 1 aromatic heterocycles. The Labute approximate surface area is 152 Å². The highest BCUT2D eigenvalue weighted by atomic mass is 16.5. The Balaban J connectivity index is 1.70. The Morgan fingerprint density at radius 2 is 2.07 bits per heavy atom. The van der Waals surface area contributed by atoms with Crippen LogP contribution in [0.2, 0.25) is 0 Å². The lowest BCUT2D eigenvalue weighted by molar-refractivity contribution is -0.147. The van der Waals surface area contributed by atoms with Crippen molar-refractivity contribution in [2.24, 2.45) is 0 Å². The largest absolute Gasteiger partial charge is 0.484 e. The number of aromatic nitrogens is 2. The molecule has 1 atom stereocenters. The van der Waals surface area contributed by atoms with Crippen molar-refractivity contribution in [3.05, 3.63) is 34.4 Å². The first-order chi connectivity index (χ1) is 12.8. The van der Waals surface area contributed by atoms with Gasteiger partial charge in [0.05, 0.1) is 17.3 Å². The number of carbonyl (C=O) groups excluding carboxylic acids is 1. The van der Waals surface area contributed by atoms with Crippen molar-refractivity contribution in [2.45, 2.75) is 31.8 Å². The smallest absolute Gasteiger partial charge is 0.326 e. The minimum absolute atomic E-state index is 0.171. The summed E-state index contributed by atoms with van der Waals surface area (Å²) in [6.45, 7) is 0.0966. The molecule has 2 heterocycles. The van der Waals surface area contributed by atoms with Gasteiger partial charge in [-0.15, -0.1) is 0 Å². The van der Waals surface area contributed by atoms with Gasteiger partial charge in [0, 0.05) is 13.0 Å². The molecular formula is C17H17N3O7. The van der Waals surface area contributed by atoms with Crippen molar-refractivity contribution in [3.63, 3.8) is 0 Å². The molecule has 0 aliphatic carbocycles. The molecule has 3 rings (SSSR count). The monoisotopic (exact) mass is 375 g/mol. The highest BCUT2D eigenvalue weighted by Crippen LogP contribution is 2.19. The lowest BCUT2D eigenvalue weighted by atomic mass is 10.2. The molecule has 0 bridgehead atoms. The van der Waals surface area contributed by atoms with E-state index in [1.165, 1.54) is 6.07 Å². The first kappa shape index (κ1) is 18.4. The first-order valence-electron chi connectivity index (χ1n) is 8.25. The molecule has 3 N–H and O–H groups in total. The van der Waals surface area contributed by atoms with Crippen molar-refractivity contribution in [2.75, 3.05) is 6.61 Å². The van der Waals surface area contributed by atoms with Crippen LogP contribution in [-0.4, -0.2) is 50.3 Å². The first-order valence-corrected chi connectivity index (χ1v) is 8.25. The summed E-state index contributed by atoms with van der Waals surface area (Å²) in [6.07, 6.45) is 0.873. The minimum Gasteiger partial charge on any atom is -0.484 e. The Hall–Kier alpha value is -3.43. The average Bonchev–Trinajstić information content (AvgIpc) is 3.08. The van der Waals surface area contributed by atoms with Crippen LogP contribution in [0, 0.1) is 0 Å². The Morgan fingerprint density at radius 3 is 2.78 bits per heavy atom. The molecule has 1 amide bonds. The Morgan fingerprint density at radius 1 is 1.30 bits per heavy atom. The minimum atomic E-state index is -1.55. The second kappa shape index (κ2) is 7.44. The summed E-state index contributed by atoms with van der Waals surface area (Å²) < 4.78 is 6.92. The number of aliphatic carboxylic acids is 2. The van der Waals surface area contributed by atoms with Gasteiger partial charge < -0.3 is 20.3 Å². The van der Waals surface area contributed by atoms with Crippen LogP contribution in [0.3, 0.4) is 0 Å². The molecule has 1 aliphatic heterocycles. The topological polar surface area (TPSA) is 148 Å². The van der Waals surface area contributed by atoms with Gasteiger partial charge in [-0.25, -0.2) is 9.78 Å². The third kappa shape index (κ3) is 4.05. The summed E-state index contributed by atoms with van der Waals surface area (Å²) in [5, 5.41) is 20.0. The van der Waals surface area contributed by atoms with E-state index in [1.807, 2.05) is 0 Å². The van der Waals surface area contributed by atoms with Gasteiger partial charge in [-0.05, 0) is 24.6 Å². The number of rotatable bonds is 7. The van der Waals surface area contributed by atoms with Crippen LogP contribution < -0.4 is 15.6 Å². The van der Waals surface area contributed by atoms with E-state index in [2.05, 4.69) is 10.3 Å². The van der Waals surface area contributed by atoms with Gasteiger partial charge in [0.1, 0.15) is 17.6 Å². The van der Waals surface area contributed by atoms with Crippen molar-refractivity contribution in [3.8, 4) is 5.75 Å². The third-order valence-electron chi connectivity index (χ3n) is 4.17. The predicted molar refractivity (Wildman–Crippen MR) is 91.6 cm³/mol. The highest BCUT2D eigenvalue weighted by molar-refractivity contribution is 5.87. The maximum Gasteiger partial charge on any atom is 0.326 e. The maximum absolute atomic E-state index is 12.5. The van der Waals surface area contributed by atoms with Gasteiger partial charge >= 0.3 is 11.9 Å². The standard InChI is InChI=1S/C17H17N3O7/c21-14(19-12(17(25)26)7-15(22)23)8-27-9-3-4-11-10(6-9)16(24)20-5-1-2-13(20)18-11/h3-4,6,12H,1-2,5,7-8H2,(H,19,21)(H,22,23)(H,25,26). The number of amides is 1. The zero-order valence-corrected chi connectivity index (χ0v) is 14.2. The van der Waals surface area contributed by atoms with Crippen molar-refractivity contribution in [1.29, 1.82) is 0 Å². The quantitative estimate of drug-likeness (QED) is 0.601. The van der Waals surface area contributed by atoms with Gasteiger partial charge in [-0.3, -0.25) is 19.0 Å². The molecule has 0 radical (unpaired) electrons. The van der Waals surface area contributed by atoms with E-state index in [4.69, 9.17) is 14.9 Å². The fourth-order valence-corrected chi connectivity index (χ4v) is 2.91. The van der Waals surface area contributed by atoms with E-state index < -0.39 is 36.9 Å². The summed E-state index contributed by atoms with van der Waals surface area (Å²) >= 11 is 0. The summed E-state index contributed by atoms with van der Waals surface area (Å²) in [6, 6.07) is 3.11. The molecule has 1 unspecified atom stereocenters. The summed E-state index contributed by atoms with van der Waals surface area (Å²) in [5.41, 5.74) is 0.368. The summed E-state index contributed by atoms with van der Waals surface area (Å²) in [4.78, 5) is 50.4. The van der Waals surface area contributed by atoms with E-state index in [0.717, 1.165) is 18.7 Å². The van der Waals surface area contributed by atoms with Crippen LogP contribution in [0.1, 0.15) is 18.7 Å². The molecule has 10 nitrogen and oxygen atoms in total. The average molecular weight is 375 g/mol. The number of hydrogen-bond acceptors (Lipinski definition) is 6. The van der Waals surface area contributed by atoms with Crippen LogP contribution in [0.15, 0.2) is 23.0 Å². The van der Waals surface area contributed by atoms with E-state index in [-0.39, 0.29) is 11.3 Å². The molecule has 1 aliphatic rings. The van der Waals surface area contributed by atoms with Crippen LogP contribution in [0.25, 0.3) is 10.9 Å². The number of aryl methyl sites for hydroxylation is 1. The second-order valence-electron chi connectivity index (χ2n) is 6.11. The molecule has 10 heteroatoms. The van der Waals surface area contributed by atoms with E-state index in [1.54, 1.807) is 16.7 Å². The van der Waals surface area contributed by atoms with Crippen LogP contribution in [0.4, 0.5) is 0 Å². The predicted octanol–water partition coefficient (Wildman–Crippen LogP) is -0.234. The van der Waals surface area contributed by atoms with E-state index >= 15 is 0 Å². The number of hydrogen-bond donors (Lipinski definition) is 3. The Kier molecular flexibility index (Phi) is 5.06. The van der Waals surface area contributed by atoms with Gasteiger partial charge in [0.15, 0.2) is 6.61 Å². The molecule has 1 aromatic carbocycles. The normalized spacial score (nSPS) is 13.8. The number of ether oxygens (including phenoxy) is 1. The molecule has 0 fully saturated rings. The fraction of sp³-hybridized carbons (Fsp3) is 0.353. The molecule has 2 aromatic rings. The number of carboxylic acids is 2. The number of carboxylic acid groups (broad SMARTS) is 2. The number of nitrogens with zero attached hydrogens (tertiary/aromatic N) is 2. The van der Waals surface area contributed by atoms with Gasteiger partial charge in [0.2, 0.25) is 0 Å².